The van der Waals surface area contributed by atoms with Crippen LogP contribution in [0.5, 0.6) is 0 Å². The van der Waals surface area contributed by atoms with Crippen LogP contribution < -0.4 is 5.73 Å². The minimum absolute atomic E-state index is 0.0569. The van der Waals surface area contributed by atoms with Gasteiger partial charge in [-0.15, -0.1) is 0 Å². The molecule has 15 heavy (non-hydrogen) atoms. The molecule has 0 amide bonds. The van der Waals surface area contributed by atoms with E-state index in [4.69, 9.17) is 5.73 Å². The average molecular weight is 224 g/mol. The summed E-state index contributed by atoms with van der Waals surface area (Å²) in [6.45, 7) is 0. The van der Waals surface area contributed by atoms with E-state index in [-0.39, 0.29) is 6.17 Å². The van der Waals surface area contributed by atoms with Crippen molar-refractivity contribution < 1.29 is 0 Å². The van der Waals surface area contributed by atoms with Gasteiger partial charge in [0.15, 0.2) is 5.82 Å². The Morgan fingerprint density at radius 1 is 1.33 bits per heavy atom. The van der Waals surface area contributed by atoms with Crippen molar-refractivity contribution in [2.24, 2.45) is 5.73 Å². The molecule has 2 aliphatic heterocycles. The molecule has 82 valence electrons. The van der Waals surface area contributed by atoms with Gasteiger partial charge in [0, 0.05) is 6.42 Å². The first-order valence-electron chi connectivity index (χ1n) is 5.67. The maximum absolute atomic E-state index is 6.01. The summed E-state index contributed by atoms with van der Waals surface area (Å²) < 4.78 is 1.94. The summed E-state index contributed by atoms with van der Waals surface area (Å²) in [7, 11) is 0. The topological polar surface area (TPSA) is 56.7 Å². The van der Waals surface area contributed by atoms with Crippen molar-refractivity contribution in [2.45, 2.75) is 43.5 Å². The molecule has 0 aromatic carbocycles. The molecule has 2 aliphatic rings. The summed E-state index contributed by atoms with van der Waals surface area (Å²) in [5.74, 6) is 3.36. The van der Waals surface area contributed by atoms with Crippen LogP contribution in [0.3, 0.4) is 0 Å². The van der Waals surface area contributed by atoms with Crippen molar-refractivity contribution in [1.29, 1.82) is 0 Å². The van der Waals surface area contributed by atoms with Crippen molar-refractivity contribution in [3.63, 3.8) is 0 Å². The normalized spacial score (nSPS) is 30.5. The average Bonchev–Trinajstić information content (AvgIpc) is 2.86. The Bertz CT molecular complexity index is 356. The maximum Gasteiger partial charge on any atom is 0.163 e. The number of nitrogens with two attached hydrogens (primary N) is 1. The molecule has 0 bridgehead atoms. The van der Waals surface area contributed by atoms with E-state index in [1.807, 2.05) is 16.4 Å². The standard InChI is InChI=1S/C10H16N4S/c11-8-4-1-5-9-12-10(13-14(8)9)7-3-2-6-15-7/h7-8H,1-6,11H2. The van der Waals surface area contributed by atoms with Gasteiger partial charge in [-0.05, 0) is 31.4 Å². The minimum atomic E-state index is 0.0569. The van der Waals surface area contributed by atoms with E-state index in [9.17, 15) is 0 Å². The van der Waals surface area contributed by atoms with Crippen LogP contribution in [0, 0.1) is 0 Å². The summed E-state index contributed by atoms with van der Waals surface area (Å²) in [4.78, 5) is 4.63. The zero-order valence-corrected chi connectivity index (χ0v) is 9.54. The van der Waals surface area contributed by atoms with Crippen LogP contribution in [0.1, 0.15) is 48.7 Å². The number of hydrogen-bond acceptors (Lipinski definition) is 4. The maximum atomic E-state index is 6.01. The zero-order chi connectivity index (χ0) is 10.3. The Balaban J connectivity index is 1.90. The zero-order valence-electron chi connectivity index (χ0n) is 8.72. The summed E-state index contributed by atoms with van der Waals surface area (Å²) >= 11 is 1.98. The SMILES string of the molecule is NC1CCCc2nc(C3CCCS3)nn21. The third-order valence-electron chi connectivity index (χ3n) is 3.15. The Labute approximate surface area is 93.6 Å². The van der Waals surface area contributed by atoms with Gasteiger partial charge in [-0.2, -0.15) is 16.9 Å². The van der Waals surface area contributed by atoms with E-state index >= 15 is 0 Å². The molecule has 1 fully saturated rings. The summed E-state index contributed by atoms with van der Waals surface area (Å²) in [5, 5.41) is 5.10. The monoisotopic (exact) mass is 224 g/mol. The largest absolute Gasteiger partial charge is 0.310 e. The molecule has 1 saturated heterocycles. The third kappa shape index (κ3) is 1.67. The summed E-state index contributed by atoms with van der Waals surface area (Å²) in [6.07, 6.45) is 5.80. The highest BCUT2D eigenvalue weighted by atomic mass is 32.2. The van der Waals surface area contributed by atoms with Crippen molar-refractivity contribution >= 4 is 11.8 Å². The molecule has 0 spiro atoms. The quantitative estimate of drug-likeness (QED) is 0.788. The highest BCUT2D eigenvalue weighted by Crippen LogP contribution is 2.38. The van der Waals surface area contributed by atoms with Crippen LogP contribution in [0.2, 0.25) is 0 Å². The first-order valence-corrected chi connectivity index (χ1v) is 6.72. The van der Waals surface area contributed by atoms with Crippen molar-refractivity contribution in [2.75, 3.05) is 5.75 Å². The Kier molecular flexibility index (Phi) is 2.44. The van der Waals surface area contributed by atoms with Gasteiger partial charge in [-0.3, -0.25) is 0 Å². The number of aromatic nitrogens is 3. The molecule has 0 radical (unpaired) electrons. The fourth-order valence-corrected chi connectivity index (χ4v) is 3.52. The molecule has 2 unspecified atom stereocenters. The smallest absolute Gasteiger partial charge is 0.163 e. The van der Waals surface area contributed by atoms with Gasteiger partial charge in [0.2, 0.25) is 0 Å². The second-order valence-corrected chi connectivity index (χ2v) is 5.60. The molecular weight excluding hydrogens is 208 g/mol. The van der Waals surface area contributed by atoms with Gasteiger partial charge in [0.25, 0.3) is 0 Å². The number of hydrogen-bond donors (Lipinski definition) is 1. The number of nitrogens with zero attached hydrogens (tertiary/aromatic N) is 3. The van der Waals surface area contributed by atoms with Gasteiger partial charge >= 0.3 is 0 Å². The van der Waals surface area contributed by atoms with Crippen LogP contribution in [-0.4, -0.2) is 20.5 Å². The number of fused-ring (bicyclic) bond motifs is 1. The number of rotatable bonds is 1. The van der Waals surface area contributed by atoms with Crippen LogP contribution in [0.15, 0.2) is 0 Å². The van der Waals surface area contributed by atoms with Crippen LogP contribution in [-0.2, 0) is 6.42 Å². The van der Waals surface area contributed by atoms with Crippen LogP contribution in [0.4, 0.5) is 0 Å². The number of aryl methyl sites for hydroxylation is 1. The third-order valence-corrected chi connectivity index (χ3v) is 4.52. The van der Waals surface area contributed by atoms with E-state index in [1.54, 1.807) is 0 Å². The molecule has 3 rings (SSSR count). The summed E-state index contributed by atoms with van der Waals surface area (Å²) in [5.41, 5.74) is 6.01. The lowest BCUT2D eigenvalue weighted by Gasteiger charge is -2.18. The number of thioether (sulfide) groups is 1. The fraction of sp³-hybridized carbons (Fsp3) is 0.800. The lowest BCUT2D eigenvalue weighted by atomic mass is 10.1. The first kappa shape index (κ1) is 9.66. The molecule has 1 aromatic heterocycles. The Morgan fingerprint density at radius 2 is 2.27 bits per heavy atom. The van der Waals surface area contributed by atoms with Gasteiger partial charge in [-0.25, -0.2) is 9.67 Å². The van der Waals surface area contributed by atoms with E-state index < -0.39 is 0 Å². The lowest BCUT2D eigenvalue weighted by Crippen LogP contribution is -2.25. The second-order valence-electron chi connectivity index (χ2n) is 4.29. The first-order chi connectivity index (χ1) is 7.34. The van der Waals surface area contributed by atoms with Gasteiger partial charge < -0.3 is 5.73 Å². The highest BCUT2D eigenvalue weighted by Gasteiger charge is 2.26. The van der Waals surface area contributed by atoms with Gasteiger partial charge in [0.05, 0.1) is 5.25 Å². The Morgan fingerprint density at radius 3 is 3.00 bits per heavy atom. The van der Waals surface area contributed by atoms with Crippen LogP contribution in [0.25, 0.3) is 0 Å². The van der Waals surface area contributed by atoms with E-state index in [0.29, 0.717) is 5.25 Å². The Hall–Kier alpha value is -0.550. The van der Waals surface area contributed by atoms with Crippen molar-refractivity contribution in [1.82, 2.24) is 14.8 Å². The molecule has 0 aliphatic carbocycles. The molecule has 4 nitrogen and oxygen atoms in total. The fourth-order valence-electron chi connectivity index (χ4n) is 2.32. The van der Waals surface area contributed by atoms with E-state index in [0.717, 1.165) is 30.9 Å². The minimum Gasteiger partial charge on any atom is -0.310 e. The molecule has 3 heterocycles. The molecule has 1 aromatic rings. The molecule has 2 N–H and O–H groups in total. The van der Waals surface area contributed by atoms with E-state index in [1.165, 1.54) is 18.6 Å². The molecule has 5 heteroatoms. The predicted molar refractivity (Wildman–Crippen MR) is 60.6 cm³/mol. The van der Waals surface area contributed by atoms with Crippen molar-refractivity contribution in [3.8, 4) is 0 Å². The second kappa shape index (κ2) is 3.79. The highest BCUT2D eigenvalue weighted by molar-refractivity contribution is 7.99. The lowest BCUT2D eigenvalue weighted by molar-refractivity contribution is 0.371. The van der Waals surface area contributed by atoms with Gasteiger partial charge in [0.1, 0.15) is 12.0 Å². The molecular formula is C10H16N4S. The molecule has 0 saturated carbocycles. The van der Waals surface area contributed by atoms with Crippen LogP contribution >= 0.6 is 11.8 Å². The van der Waals surface area contributed by atoms with Gasteiger partial charge in [-0.1, -0.05) is 0 Å². The molecule has 2 atom stereocenters. The van der Waals surface area contributed by atoms with E-state index in [2.05, 4.69) is 10.1 Å². The predicted octanol–water partition coefficient (Wildman–Crippen LogP) is 1.64. The summed E-state index contributed by atoms with van der Waals surface area (Å²) in [6, 6.07) is 0. The van der Waals surface area contributed by atoms with Crippen molar-refractivity contribution in [3.05, 3.63) is 11.6 Å².